The highest BCUT2D eigenvalue weighted by Crippen LogP contribution is 2.20. The van der Waals surface area contributed by atoms with Crippen molar-refractivity contribution in [2.75, 3.05) is 26.2 Å². The molecule has 2 aromatic carbocycles. The fourth-order valence-corrected chi connectivity index (χ4v) is 3.29. The molecule has 3 aromatic rings. The zero-order valence-corrected chi connectivity index (χ0v) is 13.8. The molecular formula is C20H19N3O2. The molecule has 2 heterocycles. The van der Waals surface area contributed by atoms with Gasteiger partial charge in [0.05, 0.1) is 5.56 Å². The summed E-state index contributed by atoms with van der Waals surface area (Å²) < 4.78 is 0. The second kappa shape index (κ2) is 6.43. The highest BCUT2D eigenvalue weighted by atomic mass is 16.2. The van der Waals surface area contributed by atoms with Gasteiger partial charge in [0, 0.05) is 48.8 Å². The van der Waals surface area contributed by atoms with Gasteiger partial charge in [-0.05, 0) is 18.2 Å². The van der Waals surface area contributed by atoms with Crippen molar-refractivity contribution in [1.82, 2.24) is 14.8 Å². The monoisotopic (exact) mass is 333 g/mol. The van der Waals surface area contributed by atoms with Crippen LogP contribution >= 0.6 is 0 Å². The van der Waals surface area contributed by atoms with Crippen molar-refractivity contribution in [3.8, 4) is 0 Å². The molecule has 5 nitrogen and oxygen atoms in total. The summed E-state index contributed by atoms with van der Waals surface area (Å²) in [6, 6.07) is 17.1. The van der Waals surface area contributed by atoms with E-state index in [-0.39, 0.29) is 11.8 Å². The molecule has 1 fully saturated rings. The van der Waals surface area contributed by atoms with Gasteiger partial charge in [-0.15, -0.1) is 0 Å². The van der Waals surface area contributed by atoms with Crippen molar-refractivity contribution < 1.29 is 9.59 Å². The zero-order valence-electron chi connectivity index (χ0n) is 13.8. The third kappa shape index (κ3) is 2.89. The van der Waals surface area contributed by atoms with E-state index in [4.69, 9.17) is 0 Å². The topological polar surface area (TPSA) is 56.4 Å². The molecule has 1 N–H and O–H groups in total. The molecule has 5 heteroatoms. The first-order chi connectivity index (χ1) is 12.2. The van der Waals surface area contributed by atoms with Gasteiger partial charge in [0.25, 0.3) is 11.8 Å². The van der Waals surface area contributed by atoms with E-state index in [1.54, 1.807) is 6.20 Å². The molecule has 1 aliphatic heterocycles. The lowest BCUT2D eigenvalue weighted by molar-refractivity contribution is 0.0536. The van der Waals surface area contributed by atoms with E-state index in [1.807, 2.05) is 64.4 Å². The lowest BCUT2D eigenvalue weighted by Gasteiger charge is -2.34. The lowest BCUT2D eigenvalue weighted by atomic mass is 10.1. The Morgan fingerprint density at radius 2 is 1.36 bits per heavy atom. The first-order valence-corrected chi connectivity index (χ1v) is 8.44. The number of para-hydroxylation sites is 1. The van der Waals surface area contributed by atoms with E-state index in [9.17, 15) is 9.59 Å². The van der Waals surface area contributed by atoms with Crippen LogP contribution in [0.25, 0.3) is 10.9 Å². The Labute approximate surface area is 145 Å². The highest BCUT2D eigenvalue weighted by Gasteiger charge is 2.26. The molecular weight excluding hydrogens is 314 g/mol. The molecule has 0 aliphatic carbocycles. The second-order valence-corrected chi connectivity index (χ2v) is 6.20. The smallest absolute Gasteiger partial charge is 0.256 e. The fourth-order valence-electron chi connectivity index (χ4n) is 3.29. The maximum atomic E-state index is 12.8. The maximum Gasteiger partial charge on any atom is 0.256 e. The number of aromatic nitrogens is 1. The summed E-state index contributed by atoms with van der Waals surface area (Å²) in [7, 11) is 0. The van der Waals surface area contributed by atoms with Gasteiger partial charge in [0.2, 0.25) is 0 Å². The summed E-state index contributed by atoms with van der Waals surface area (Å²) in [5.41, 5.74) is 2.35. The summed E-state index contributed by atoms with van der Waals surface area (Å²) in [6.07, 6.45) is 1.77. The Bertz CT molecular complexity index is 909. The van der Waals surface area contributed by atoms with Crippen molar-refractivity contribution in [2.24, 2.45) is 0 Å². The predicted octanol–water partition coefficient (Wildman–Crippen LogP) is 2.77. The van der Waals surface area contributed by atoms with Crippen LogP contribution in [0.3, 0.4) is 0 Å². The van der Waals surface area contributed by atoms with Crippen molar-refractivity contribution in [2.45, 2.75) is 0 Å². The number of benzene rings is 2. The van der Waals surface area contributed by atoms with Crippen LogP contribution in [0.15, 0.2) is 60.8 Å². The molecule has 0 spiro atoms. The van der Waals surface area contributed by atoms with Crippen LogP contribution in [0.4, 0.5) is 0 Å². The summed E-state index contributed by atoms with van der Waals surface area (Å²) in [5, 5.41) is 0.940. The molecule has 126 valence electrons. The predicted molar refractivity (Wildman–Crippen MR) is 96.5 cm³/mol. The van der Waals surface area contributed by atoms with Crippen molar-refractivity contribution in [3.63, 3.8) is 0 Å². The number of H-pyrrole nitrogens is 1. The molecule has 0 atom stereocenters. The Morgan fingerprint density at radius 1 is 0.760 bits per heavy atom. The highest BCUT2D eigenvalue weighted by molar-refractivity contribution is 6.06. The van der Waals surface area contributed by atoms with Crippen LogP contribution in [0.2, 0.25) is 0 Å². The minimum Gasteiger partial charge on any atom is -0.360 e. The SMILES string of the molecule is O=C(c1ccccc1)N1CCN(C(=O)c2c[nH]c3ccccc23)CC1. The van der Waals surface area contributed by atoms with Gasteiger partial charge in [-0.25, -0.2) is 0 Å². The molecule has 2 amide bonds. The Hall–Kier alpha value is -3.08. The normalized spacial score (nSPS) is 14.7. The second-order valence-electron chi connectivity index (χ2n) is 6.20. The summed E-state index contributed by atoms with van der Waals surface area (Å²) in [6.45, 7) is 2.22. The van der Waals surface area contributed by atoms with Crippen LogP contribution in [-0.2, 0) is 0 Å². The van der Waals surface area contributed by atoms with Gasteiger partial charge >= 0.3 is 0 Å². The first-order valence-electron chi connectivity index (χ1n) is 8.44. The van der Waals surface area contributed by atoms with E-state index < -0.39 is 0 Å². The average Bonchev–Trinajstić information content (AvgIpc) is 3.12. The standard InChI is InChI=1S/C20H19N3O2/c24-19(15-6-2-1-3-7-15)22-10-12-23(13-11-22)20(25)17-14-21-18-9-5-4-8-16(17)18/h1-9,14,21H,10-13H2. The summed E-state index contributed by atoms with van der Waals surface area (Å²) in [4.78, 5) is 32.1. The van der Waals surface area contributed by atoms with E-state index in [0.717, 1.165) is 10.9 Å². The molecule has 0 saturated carbocycles. The quantitative estimate of drug-likeness (QED) is 0.784. The van der Waals surface area contributed by atoms with Crippen LogP contribution in [0.1, 0.15) is 20.7 Å². The van der Waals surface area contributed by atoms with Gasteiger partial charge in [-0.2, -0.15) is 0 Å². The number of piperazine rings is 1. The number of amides is 2. The molecule has 4 rings (SSSR count). The van der Waals surface area contributed by atoms with Gasteiger partial charge < -0.3 is 14.8 Å². The number of carbonyl (C=O) groups is 2. The van der Waals surface area contributed by atoms with E-state index >= 15 is 0 Å². The first kappa shape index (κ1) is 15.4. The number of aromatic amines is 1. The van der Waals surface area contributed by atoms with Crippen LogP contribution < -0.4 is 0 Å². The number of hydrogen-bond donors (Lipinski definition) is 1. The van der Waals surface area contributed by atoms with Crippen LogP contribution in [-0.4, -0.2) is 52.8 Å². The van der Waals surface area contributed by atoms with Crippen molar-refractivity contribution >= 4 is 22.7 Å². The average molecular weight is 333 g/mol. The minimum absolute atomic E-state index is 0.0178. The van der Waals surface area contributed by atoms with E-state index in [0.29, 0.717) is 37.3 Å². The largest absolute Gasteiger partial charge is 0.360 e. The fraction of sp³-hybridized carbons (Fsp3) is 0.200. The lowest BCUT2D eigenvalue weighted by Crippen LogP contribution is -2.50. The summed E-state index contributed by atoms with van der Waals surface area (Å²) >= 11 is 0. The molecule has 0 radical (unpaired) electrons. The van der Waals surface area contributed by atoms with E-state index in [1.165, 1.54) is 0 Å². The molecule has 1 aliphatic rings. The van der Waals surface area contributed by atoms with Gasteiger partial charge in [0.15, 0.2) is 0 Å². The van der Waals surface area contributed by atoms with Crippen molar-refractivity contribution in [1.29, 1.82) is 0 Å². The Balaban J connectivity index is 1.45. The number of hydrogen-bond acceptors (Lipinski definition) is 2. The van der Waals surface area contributed by atoms with Crippen LogP contribution in [0, 0.1) is 0 Å². The third-order valence-electron chi connectivity index (χ3n) is 4.69. The summed E-state index contributed by atoms with van der Waals surface area (Å²) in [5.74, 6) is 0.0454. The molecule has 0 bridgehead atoms. The molecule has 1 saturated heterocycles. The third-order valence-corrected chi connectivity index (χ3v) is 4.69. The Kier molecular flexibility index (Phi) is 3.98. The number of fused-ring (bicyclic) bond motifs is 1. The molecule has 25 heavy (non-hydrogen) atoms. The van der Waals surface area contributed by atoms with E-state index in [2.05, 4.69) is 4.98 Å². The molecule has 1 aromatic heterocycles. The number of nitrogens with zero attached hydrogens (tertiary/aromatic N) is 2. The Morgan fingerprint density at radius 3 is 2.08 bits per heavy atom. The minimum atomic E-state index is 0.0178. The van der Waals surface area contributed by atoms with Crippen LogP contribution in [0.5, 0.6) is 0 Å². The zero-order chi connectivity index (χ0) is 17.2. The van der Waals surface area contributed by atoms with Gasteiger partial charge in [0.1, 0.15) is 0 Å². The number of carbonyl (C=O) groups excluding carboxylic acids is 2. The molecule has 0 unspecified atom stereocenters. The van der Waals surface area contributed by atoms with Gasteiger partial charge in [-0.3, -0.25) is 9.59 Å². The van der Waals surface area contributed by atoms with Crippen molar-refractivity contribution in [3.05, 3.63) is 71.9 Å². The number of nitrogens with one attached hydrogen (secondary N) is 1. The number of rotatable bonds is 2. The maximum absolute atomic E-state index is 12.8. The van der Waals surface area contributed by atoms with Gasteiger partial charge in [-0.1, -0.05) is 36.4 Å².